The quantitative estimate of drug-likeness (QED) is 0.782. The van der Waals surface area contributed by atoms with Gasteiger partial charge >= 0.3 is 0 Å². The minimum absolute atomic E-state index is 0.0674. The fourth-order valence-corrected chi connectivity index (χ4v) is 3.01. The molecule has 1 fully saturated rings. The summed E-state index contributed by atoms with van der Waals surface area (Å²) in [5, 5.41) is 5.51. The van der Waals surface area contributed by atoms with Gasteiger partial charge in [-0.15, -0.1) is 0 Å². The van der Waals surface area contributed by atoms with Crippen LogP contribution >= 0.6 is 0 Å². The third-order valence-electron chi connectivity index (χ3n) is 4.55. The number of carbonyl (C=O) groups is 2. The maximum absolute atomic E-state index is 13.6. The first-order chi connectivity index (χ1) is 13.1. The molecule has 3 rings (SSSR count). The zero-order valence-electron chi connectivity index (χ0n) is 15.0. The molecule has 0 spiro atoms. The summed E-state index contributed by atoms with van der Waals surface area (Å²) in [4.78, 5) is 24.2. The van der Waals surface area contributed by atoms with Gasteiger partial charge in [0.05, 0.1) is 6.10 Å². The summed E-state index contributed by atoms with van der Waals surface area (Å²) in [6.45, 7) is 0.903. The summed E-state index contributed by atoms with van der Waals surface area (Å²) in [6.07, 6.45) is 3.41. The topological polar surface area (TPSA) is 67.4 Å². The first kappa shape index (κ1) is 19.0. The highest BCUT2D eigenvalue weighted by Crippen LogP contribution is 2.17. The second kappa shape index (κ2) is 9.28. The first-order valence-electron chi connectivity index (χ1n) is 9.15. The van der Waals surface area contributed by atoms with Crippen molar-refractivity contribution in [3.05, 3.63) is 65.5 Å². The number of rotatable bonds is 7. The first-order valence-corrected chi connectivity index (χ1v) is 9.15. The lowest BCUT2D eigenvalue weighted by Gasteiger charge is -2.10. The van der Waals surface area contributed by atoms with E-state index in [0.29, 0.717) is 23.2 Å². The van der Waals surface area contributed by atoms with Gasteiger partial charge in [0.15, 0.2) is 0 Å². The van der Waals surface area contributed by atoms with Crippen LogP contribution in [0.15, 0.2) is 48.5 Å². The molecule has 0 aliphatic carbocycles. The summed E-state index contributed by atoms with van der Waals surface area (Å²) in [6, 6.07) is 12.9. The van der Waals surface area contributed by atoms with E-state index in [2.05, 4.69) is 10.6 Å². The monoisotopic (exact) mass is 370 g/mol. The number of hydrogen-bond donors (Lipinski definition) is 2. The second-order valence-electron chi connectivity index (χ2n) is 6.57. The van der Waals surface area contributed by atoms with Crippen LogP contribution in [-0.4, -0.2) is 24.5 Å². The molecule has 6 heteroatoms. The Morgan fingerprint density at radius 1 is 1.11 bits per heavy atom. The van der Waals surface area contributed by atoms with Crippen molar-refractivity contribution in [3.8, 4) is 0 Å². The SMILES string of the molecule is O=C(CCC1CCCO1)Nc1ccc(C(=O)NCc2ccccc2F)cc1. The number of carbonyl (C=O) groups excluding carboxylic acids is 2. The van der Waals surface area contributed by atoms with Crippen LogP contribution in [0, 0.1) is 5.82 Å². The number of ether oxygens (including phenoxy) is 1. The molecule has 0 radical (unpaired) electrons. The largest absolute Gasteiger partial charge is 0.378 e. The Bertz CT molecular complexity index is 786. The molecule has 1 atom stereocenters. The van der Waals surface area contributed by atoms with Crippen molar-refractivity contribution in [1.82, 2.24) is 5.32 Å². The number of amides is 2. The predicted octanol–water partition coefficient (Wildman–Crippen LogP) is 3.65. The molecule has 2 amide bonds. The Balaban J connectivity index is 1.46. The molecule has 1 aliphatic rings. The number of nitrogens with one attached hydrogen (secondary N) is 2. The van der Waals surface area contributed by atoms with E-state index in [-0.39, 0.29) is 30.3 Å². The van der Waals surface area contributed by atoms with Gasteiger partial charge in [0.2, 0.25) is 5.91 Å². The van der Waals surface area contributed by atoms with Gasteiger partial charge < -0.3 is 15.4 Å². The van der Waals surface area contributed by atoms with Gasteiger partial charge in [0.1, 0.15) is 5.82 Å². The van der Waals surface area contributed by atoms with Crippen LogP contribution in [0.3, 0.4) is 0 Å². The molecule has 142 valence electrons. The third-order valence-corrected chi connectivity index (χ3v) is 4.55. The van der Waals surface area contributed by atoms with E-state index in [1.54, 1.807) is 42.5 Å². The van der Waals surface area contributed by atoms with E-state index in [9.17, 15) is 14.0 Å². The molecule has 2 aromatic rings. The number of hydrogen-bond acceptors (Lipinski definition) is 3. The Morgan fingerprint density at radius 3 is 2.59 bits per heavy atom. The highest BCUT2D eigenvalue weighted by atomic mass is 19.1. The highest BCUT2D eigenvalue weighted by Gasteiger charge is 2.16. The Labute approximate surface area is 157 Å². The highest BCUT2D eigenvalue weighted by molar-refractivity contribution is 5.95. The maximum Gasteiger partial charge on any atom is 0.251 e. The molecule has 27 heavy (non-hydrogen) atoms. The van der Waals surface area contributed by atoms with Crippen molar-refractivity contribution in [2.24, 2.45) is 0 Å². The predicted molar refractivity (Wildman–Crippen MR) is 101 cm³/mol. The van der Waals surface area contributed by atoms with Crippen molar-refractivity contribution >= 4 is 17.5 Å². The smallest absolute Gasteiger partial charge is 0.251 e. The lowest BCUT2D eigenvalue weighted by atomic mass is 10.1. The van der Waals surface area contributed by atoms with Gasteiger partial charge in [-0.05, 0) is 49.6 Å². The van der Waals surface area contributed by atoms with Gasteiger partial charge in [-0.2, -0.15) is 0 Å². The number of halogens is 1. The molecule has 1 saturated heterocycles. The van der Waals surface area contributed by atoms with Crippen LogP contribution in [0.2, 0.25) is 0 Å². The molecule has 2 aromatic carbocycles. The van der Waals surface area contributed by atoms with Crippen LogP contribution in [-0.2, 0) is 16.1 Å². The molecular weight excluding hydrogens is 347 g/mol. The van der Waals surface area contributed by atoms with Gasteiger partial charge in [0, 0.05) is 36.4 Å². The summed E-state index contributed by atoms with van der Waals surface area (Å²) >= 11 is 0. The van der Waals surface area contributed by atoms with Crippen LogP contribution < -0.4 is 10.6 Å². The summed E-state index contributed by atoms with van der Waals surface area (Å²) in [7, 11) is 0. The molecule has 5 nitrogen and oxygen atoms in total. The standard InChI is InChI=1S/C21H23FN2O3/c22-19-6-2-1-4-16(19)14-23-21(26)15-7-9-17(10-8-15)24-20(25)12-11-18-5-3-13-27-18/h1-2,4,6-10,18H,3,5,11-14H2,(H,23,26)(H,24,25). The van der Waals surface area contributed by atoms with Crippen molar-refractivity contribution < 1.29 is 18.7 Å². The number of benzene rings is 2. The zero-order chi connectivity index (χ0) is 19.1. The van der Waals surface area contributed by atoms with E-state index in [4.69, 9.17) is 4.74 Å². The van der Waals surface area contributed by atoms with Crippen molar-refractivity contribution in [3.63, 3.8) is 0 Å². The molecule has 1 unspecified atom stereocenters. The normalized spacial score (nSPS) is 16.1. The van der Waals surface area contributed by atoms with Crippen LogP contribution in [0.1, 0.15) is 41.6 Å². The van der Waals surface area contributed by atoms with Crippen LogP contribution in [0.25, 0.3) is 0 Å². The Morgan fingerprint density at radius 2 is 1.89 bits per heavy atom. The van der Waals surface area contributed by atoms with E-state index in [0.717, 1.165) is 25.9 Å². The van der Waals surface area contributed by atoms with Gasteiger partial charge in [-0.3, -0.25) is 9.59 Å². The Hall–Kier alpha value is -2.73. The summed E-state index contributed by atoms with van der Waals surface area (Å²) < 4.78 is 19.1. The average Bonchev–Trinajstić information content (AvgIpc) is 3.20. The average molecular weight is 370 g/mol. The fraction of sp³-hybridized carbons (Fsp3) is 0.333. The van der Waals surface area contributed by atoms with E-state index in [1.165, 1.54) is 6.07 Å². The van der Waals surface area contributed by atoms with Crippen LogP contribution in [0.4, 0.5) is 10.1 Å². The van der Waals surface area contributed by atoms with E-state index >= 15 is 0 Å². The summed E-state index contributed by atoms with van der Waals surface area (Å²) in [5.41, 5.74) is 1.52. The lowest BCUT2D eigenvalue weighted by Crippen LogP contribution is -2.23. The lowest BCUT2D eigenvalue weighted by molar-refractivity contribution is -0.116. The van der Waals surface area contributed by atoms with Gasteiger partial charge in [-0.25, -0.2) is 4.39 Å². The molecule has 1 aliphatic heterocycles. The zero-order valence-corrected chi connectivity index (χ0v) is 15.0. The third kappa shape index (κ3) is 5.62. The van der Waals surface area contributed by atoms with E-state index in [1.807, 2.05) is 0 Å². The summed E-state index contributed by atoms with van der Waals surface area (Å²) in [5.74, 6) is -0.712. The molecule has 0 aromatic heterocycles. The molecule has 0 saturated carbocycles. The number of anilines is 1. The van der Waals surface area contributed by atoms with Crippen LogP contribution in [0.5, 0.6) is 0 Å². The van der Waals surface area contributed by atoms with Gasteiger partial charge in [-0.1, -0.05) is 18.2 Å². The van der Waals surface area contributed by atoms with Crippen molar-refractivity contribution in [2.75, 3.05) is 11.9 Å². The van der Waals surface area contributed by atoms with Crippen molar-refractivity contribution in [1.29, 1.82) is 0 Å². The maximum atomic E-state index is 13.6. The molecular formula is C21H23FN2O3. The Kier molecular flexibility index (Phi) is 6.54. The van der Waals surface area contributed by atoms with Gasteiger partial charge in [0.25, 0.3) is 5.91 Å². The molecule has 1 heterocycles. The molecule has 0 bridgehead atoms. The van der Waals surface area contributed by atoms with Crippen molar-refractivity contribution in [2.45, 2.75) is 38.3 Å². The molecule has 2 N–H and O–H groups in total. The second-order valence-corrected chi connectivity index (χ2v) is 6.57. The van der Waals surface area contributed by atoms with E-state index < -0.39 is 0 Å². The minimum atomic E-state index is -0.348. The minimum Gasteiger partial charge on any atom is -0.378 e. The fourth-order valence-electron chi connectivity index (χ4n) is 3.01.